The predicted octanol–water partition coefficient (Wildman–Crippen LogP) is 1.64. The number of hydrogen-bond acceptors (Lipinski definition) is 2. The molecule has 1 aliphatic rings. The van der Waals surface area contributed by atoms with E-state index in [1.54, 1.807) is 12.2 Å². The molecule has 1 saturated heterocycles. The van der Waals surface area contributed by atoms with E-state index in [4.69, 9.17) is 4.74 Å². The van der Waals surface area contributed by atoms with Crippen molar-refractivity contribution in [2.24, 2.45) is 0 Å². The number of allylic oxidation sites excluding steroid dienone is 1. The van der Waals surface area contributed by atoms with E-state index in [9.17, 15) is 4.79 Å². The van der Waals surface area contributed by atoms with Gasteiger partial charge in [-0.05, 0) is 39.7 Å². The van der Waals surface area contributed by atoms with Gasteiger partial charge in [-0.15, -0.1) is 0 Å². The third-order valence-corrected chi connectivity index (χ3v) is 2.36. The molecule has 0 aromatic rings. The third-order valence-electron chi connectivity index (χ3n) is 2.36. The molecule has 1 aliphatic heterocycles. The van der Waals surface area contributed by atoms with Gasteiger partial charge in [0.15, 0.2) is 0 Å². The van der Waals surface area contributed by atoms with Crippen LogP contribution in [0.1, 0.15) is 33.6 Å². The molecule has 0 aromatic heterocycles. The van der Waals surface area contributed by atoms with Crippen molar-refractivity contribution in [1.29, 1.82) is 0 Å². The van der Waals surface area contributed by atoms with Crippen LogP contribution in [0, 0.1) is 0 Å². The van der Waals surface area contributed by atoms with E-state index in [0.717, 1.165) is 19.4 Å². The number of carbonyl (C=O) groups is 1. The van der Waals surface area contributed by atoms with E-state index < -0.39 is 0 Å². The SMILES string of the molecule is CC=CC(=O)NC1CCOC(C)(C)C1. The summed E-state index contributed by atoms with van der Waals surface area (Å²) in [6.45, 7) is 6.68. The van der Waals surface area contributed by atoms with Gasteiger partial charge < -0.3 is 10.1 Å². The maximum absolute atomic E-state index is 11.3. The van der Waals surface area contributed by atoms with Crippen molar-refractivity contribution in [2.45, 2.75) is 45.3 Å². The van der Waals surface area contributed by atoms with Crippen molar-refractivity contribution in [3.63, 3.8) is 0 Å². The van der Waals surface area contributed by atoms with Crippen LogP contribution in [0.3, 0.4) is 0 Å². The second-order valence-corrected chi connectivity index (χ2v) is 4.31. The Hall–Kier alpha value is -0.830. The van der Waals surface area contributed by atoms with Crippen LogP contribution in [0.2, 0.25) is 0 Å². The van der Waals surface area contributed by atoms with Gasteiger partial charge in [-0.25, -0.2) is 0 Å². The highest BCUT2D eigenvalue weighted by atomic mass is 16.5. The maximum Gasteiger partial charge on any atom is 0.243 e. The molecule has 1 fully saturated rings. The molecule has 0 aliphatic carbocycles. The van der Waals surface area contributed by atoms with Gasteiger partial charge in [-0.2, -0.15) is 0 Å². The average molecular weight is 197 g/mol. The first-order chi connectivity index (χ1) is 6.53. The number of rotatable bonds is 2. The lowest BCUT2D eigenvalue weighted by molar-refractivity contribution is -0.119. The Bertz CT molecular complexity index is 233. The average Bonchev–Trinajstić information content (AvgIpc) is 2.02. The Labute approximate surface area is 85.5 Å². The molecular weight excluding hydrogens is 178 g/mol. The van der Waals surface area contributed by atoms with Crippen LogP contribution in [0.5, 0.6) is 0 Å². The van der Waals surface area contributed by atoms with Crippen molar-refractivity contribution in [2.75, 3.05) is 6.61 Å². The summed E-state index contributed by atoms with van der Waals surface area (Å²) in [5.74, 6) is -0.00444. The fraction of sp³-hybridized carbons (Fsp3) is 0.727. The molecular formula is C11H19NO2. The fourth-order valence-electron chi connectivity index (χ4n) is 1.76. The summed E-state index contributed by atoms with van der Waals surface area (Å²) in [7, 11) is 0. The predicted molar refractivity (Wildman–Crippen MR) is 56.0 cm³/mol. The summed E-state index contributed by atoms with van der Waals surface area (Å²) in [5, 5.41) is 2.97. The fourth-order valence-corrected chi connectivity index (χ4v) is 1.76. The minimum absolute atomic E-state index is 0.00444. The molecule has 0 aromatic carbocycles. The smallest absolute Gasteiger partial charge is 0.243 e. The van der Waals surface area contributed by atoms with E-state index in [-0.39, 0.29) is 17.6 Å². The van der Waals surface area contributed by atoms with E-state index in [0.29, 0.717) is 0 Å². The van der Waals surface area contributed by atoms with E-state index in [2.05, 4.69) is 19.2 Å². The Morgan fingerprint density at radius 1 is 1.57 bits per heavy atom. The van der Waals surface area contributed by atoms with Crippen molar-refractivity contribution in [3.8, 4) is 0 Å². The molecule has 3 nitrogen and oxygen atoms in total. The molecule has 1 atom stereocenters. The summed E-state index contributed by atoms with van der Waals surface area (Å²) in [6.07, 6.45) is 5.10. The van der Waals surface area contributed by atoms with Gasteiger partial charge in [-0.3, -0.25) is 4.79 Å². The molecule has 80 valence electrons. The van der Waals surface area contributed by atoms with Crippen LogP contribution in [0.25, 0.3) is 0 Å². The molecule has 1 amide bonds. The second-order valence-electron chi connectivity index (χ2n) is 4.31. The normalized spacial score (nSPS) is 26.4. The summed E-state index contributed by atoms with van der Waals surface area (Å²) in [5.41, 5.74) is -0.105. The summed E-state index contributed by atoms with van der Waals surface area (Å²) in [4.78, 5) is 11.3. The molecule has 1 N–H and O–H groups in total. The minimum atomic E-state index is -0.105. The van der Waals surface area contributed by atoms with Crippen LogP contribution < -0.4 is 5.32 Å². The molecule has 1 unspecified atom stereocenters. The minimum Gasteiger partial charge on any atom is -0.375 e. The van der Waals surface area contributed by atoms with E-state index in [1.807, 2.05) is 6.92 Å². The number of amides is 1. The van der Waals surface area contributed by atoms with Gasteiger partial charge in [0.05, 0.1) is 5.60 Å². The first-order valence-corrected chi connectivity index (χ1v) is 5.11. The lowest BCUT2D eigenvalue weighted by Crippen LogP contribution is -2.45. The van der Waals surface area contributed by atoms with E-state index >= 15 is 0 Å². The van der Waals surface area contributed by atoms with Crippen molar-refractivity contribution < 1.29 is 9.53 Å². The molecule has 0 bridgehead atoms. The first-order valence-electron chi connectivity index (χ1n) is 5.11. The summed E-state index contributed by atoms with van der Waals surface area (Å²) >= 11 is 0. The highest BCUT2D eigenvalue weighted by Crippen LogP contribution is 2.23. The van der Waals surface area contributed by atoms with Crippen molar-refractivity contribution >= 4 is 5.91 Å². The Morgan fingerprint density at radius 2 is 2.29 bits per heavy atom. The molecule has 0 spiro atoms. The van der Waals surface area contributed by atoms with Gasteiger partial charge in [0.1, 0.15) is 0 Å². The zero-order valence-electron chi connectivity index (χ0n) is 9.17. The van der Waals surface area contributed by atoms with Gasteiger partial charge in [-0.1, -0.05) is 6.08 Å². The molecule has 1 rings (SSSR count). The van der Waals surface area contributed by atoms with Crippen LogP contribution >= 0.6 is 0 Å². The number of ether oxygens (including phenoxy) is 1. The van der Waals surface area contributed by atoms with Gasteiger partial charge in [0, 0.05) is 12.6 Å². The highest BCUT2D eigenvalue weighted by Gasteiger charge is 2.29. The number of hydrogen-bond donors (Lipinski definition) is 1. The molecule has 14 heavy (non-hydrogen) atoms. The standard InChI is InChI=1S/C11H19NO2/c1-4-5-10(13)12-9-6-7-14-11(2,3)8-9/h4-5,9H,6-8H2,1-3H3,(H,12,13). The largest absolute Gasteiger partial charge is 0.375 e. The van der Waals surface area contributed by atoms with Crippen LogP contribution in [-0.4, -0.2) is 24.2 Å². The lowest BCUT2D eigenvalue weighted by atomic mass is 9.94. The summed E-state index contributed by atoms with van der Waals surface area (Å²) < 4.78 is 5.57. The summed E-state index contributed by atoms with van der Waals surface area (Å²) in [6, 6.07) is 0.252. The van der Waals surface area contributed by atoms with Crippen LogP contribution in [0.15, 0.2) is 12.2 Å². The second kappa shape index (κ2) is 4.60. The number of carbonyl (C=O) groups excluding carboxylic acids is 1. The topological polar surface area (TPSA) is 38.3 Å². The first kappa shape index (κ1) is 11.2. The Morgan fingerprint density at radius 3 is 2.86 bits per heavy atom. The monoisotopic (exact) mass is 197 g/mol. The lowest BCUT2D eigenvalue weighted by Gasteiger charge is -2.35. The van der Waals surface area contributed by atoms with E-state index in [1.165, 1.54) is 0 Å². The zero-order valence-corrected chi connectivity index (χ0v) is 9.17. The molecule has 0 radical (unpaired) electrons. The van der Waals surface area contributed by atoms with Crippen LogP contribution in [-0.2, 0) is 9.53 Å². The van der Waals surface area contributed by atoms with Gasteiger partial charge in [0.2, 0.25) is 5.91 Å². The van der Waals surface area contributed by atoms with Crippen LogP contribution in [0.4, 0.5) is 0 Å². The third kappa shape index (κ3) is 3.50. The maximum atomic E-state index is 11.3. The van der Waals surface area contributed by atoms with Crippen molar-refractivity contribution in [1.82, 2.24) is 5.32 Å². The Kier molecular flexibility index (Phi) is 3.69. The highest BCUT2D eigenvalue weighted by molar-refractivity contribution is 5.87. The number of nitrogens with one attached hydrogen (secondary N) is 1. The molecule has 1 heterocycles. The molecule has 0 saturated carbocycles. The van der Waals surface area contributed by atoms with Gasteiger partial charge in [0.25, 0.3) is 0 Å². The zero-order chi connectivity index (χ0) is 10.6. The Balaban J connectivity index is 2.42. The quantitative estimate of drug-likeness (QED) is 0.683. The molecule has 3 heteroatoms. The van der Waals surface area contributed by atoms with Crippen molar-refractivity contribution in [3.05, 3.63) is 12.2 Å². The van der Waals surface area contributed by atoms with Gasteiger partial charge >= 0.3 is 0 Å².